The van der Waals surface area contributed by atoms with Crippen LogP contribution in [0.15, 0.2) is 15.8 Å². The Hall–Kier alpha value is -1.61. The molecular weight excluding hydrogens is 432 g/mol. The van der Waals surface area contributed by atoms with Gasteiger partial charge in [0, 0.05) is 57.4 Å². The summed E-state index contributed by atoms with van der Waals surface area (Å²) in [6, 6.07) is 0. The van der Waals surface area contributed by atoms with Crippen molar-refractivity contribution in [3.8, 4) is 0 Å². The molecule has 2 aliphatic heterocycles. The van der Waals surface area contributed by atoms with Crippen LogP contribution >= 0.6 is 0 Å². The number of rotatable bonds is 9. The molecule has 1 aromatic heterocycles. The minimum absolute atomic E-state index is 0.0670. The number of aliphatic hydroxyl groups is 2. The van der Waals surface area contributed by atoms with Crippen LogP contribution in [0.2, 0.25) is 0 Å². The van der Waals surface area contributed by atoms with Crippen LogP contribution < -0.4 is 11.2 Å². The topological polar surface area (TPSA) is 154 Å². The SMILES string of the molecule is Cc1cn([C@H]2C[C@H](O)[C@@H](COS(=O)(=O)CCN3CCN(CCO)CC3)O2)c(=O)[nH]c1=O. The van der Waals surface area contributed by atoms with Crippen molar-refractivity contribution in [3.63, 3.8) is 0 Å². The van der Waals surface area contributed by atoms with Crippen molar-refractivity contribution in [1.82, 2.24) is 19.4 Å². The van der Waals surface area contributed by atoms with E-state index in [0.717, 1.165) is 26.2 Å². The number of ether oxygens (including phenoxy) is 1. The van der Waals surface area contributed by atoms with E-state index in [-0.39, 0.29) is 25.4 Å². The summed E-state index contributed by atoms with van der Waals surface area (Å²) in [5, 5.41) is 19.2. The molecule has 0 bridgehead atoms. The first-order valence-corrected chi connectivity index (χ1v) is 11.8. The summed E-state index contributed by atoms with van der Waals surface area (Å²) in [6.45, 7) is 5.21. The summed E-state index contributed by atoms with van der Waals surface area (Å²) in [5.41, 5.74) is -0.848. The maximum atomic E-state index is 12.3. The predicted molar refractivity (Wildman–Crippen MR) is 110 cm³/mol. The highest BCUT2D eigenvalue weighted by Gasteiger charge is 2.36. The summed E-state index contributed by atoms with van der Waals surface area (Å²) in [7, 11) is -3.82. The third-order valence-electron chi connectivity index (χ3n) is 5.61. The fourth-order valence-corrected chi connectivity index (χ4v) is 4.63. The van der Waals surface area contributed by atoms with Crippen LogP contribution in [0.5, 0.6) is 0 Å². The van der Waals surface area contributed by atoms with E-state index in [2.05, 4.69) is 9.88 Å². The standard InChI is InChI=1S/C18H30N4O8S/c1-13-11-22(18(26)19-17(13)25)16-10-14(24)15(30-16)12-29-31(27,28)9-7-21-4-2-20(3-5-21)6-8-23/h11,14-16,23-24H,2-10,12H2,1H3,(H,19,25,26)/t14-,15+,16+/m0/s1. The Kier molecular flexibility index (Phi) is 8.02. The van der Waals surface area contributed by atoms with Gasteiger partial charge in [0.2, 0.25) is 0 Å². The van der Waals surface area contributed by atoms with Crippen LogP contribution in [-0.4, -0.2) is 108 Å². The number of H-pyrrole nitrogens is 1. The van der Waals surface area contributed by atoms with Gasteiger partial charge in [-0.15, -0.1) is 0 Å². The number of hydrogen-bond donors (Lipinski definition) is 3. The molecule has 12 nitrogen and oxygen atoms in total. The van der Waals surface area contributed by atoms with E-state index in [1.165, 1.54) is 10.8 Å². The average Bonchev–Trinajstić information content (AvgIpc) is 3.09. The molecule has 3 rings (SSSR count). The van der Waals surface area contributed by atoms with Crippen LogP contribution in [0.25, 0.3) is 0 Å². The molecular formula is C18H30N4O8S. The molecule has 0 amide bonds. The third kappa shape index (κ3) is 6.44. The van der Waals surface area contributed by atoms with Crippen LogP contribution in [0, 0.1) is 6.92 Å². The normalized spacial score (nSPS) is 25.8. The molecule has 0 aliphatic carbocycles. The van der Waals surface area contributed by atoms with E-state index in [4.69, 9.17) is 14.0 Å². The molecule has 3 N–H and O–H groups in total. The second kappa shape index (κ2) is 10.3. The van der Waals surface area contributed by atoms with Gasteiger partial charge < -0.3 is 14.9 Å². The van der Waals surface area contributed by atoms with Gasteiger partial charge in [0.15, 0.2) is 0 Å². The van der Waals surface area contributed by atoms with Crippen molar-refractivity contribution in [2.24, 2.45) is 0 Å². The van der Waals surface area contributed by atoms with E-state index < -0.39 is 39.8 Å². The number of aromatic nitrogens is 2. The quantitative estimate of drug-likeness (QED) is 0.334. The number of aromatic amines is 1. The van der Waals surface area contributed by atoms with E-state index in [1.807, 2.05) is 4.90 Å². The van der Waals surface area contributed by atoms with E-state index in [1.54, 1.807) is 6.92 Å². The molecule has 2 aliphatic rings. The maximum Gasteiger partial charge on any atom is 0.330 e. The molecule has 0 aromatic carbocycles. The Morgan fingerprint density at radius 3 is 2.48 bits per heavy atom. The molecule has 2 fully saturated rings. The average molecular weight is 463 g/mol. The molecule has 0 spiro atoms. The molecule has 0 unspecified atom stereocenters. The molecule has 0 radical (unpaired) electrons. The van der Waals surface area contributed by atoms with Gasteiger partial charge in [0.05, 0.1) is 25.1 Å². The lowest BCUT2D eigenvalue weighted by molar-refractivity contribution is -0.0400. The molecule has 13 heteroatoms. The maximum absolute atomic E-state index is 12.3. The molecule has 3 heterocycles. The van der Waals surface area contributed by atoms with Crippen LogP contribution in [0.1, 0.15) is 18.2 Å². The minimum Gasteiger partial charge on any atom is -0.395 e. The summed E-state index contributed by atoms with van der Waals surface area (Å²) in [4.78, 5) is 29.8. The molecule has 176 valence electrons. The van der Waals surface area contributed by atoms with Gasteiger partial charge >= 0.3 is 5.69 Å². The Balaban J connectivity index is 1.47. The molecule has 2 saturated heterocycles. The lowest BCUT2D eigenvalue weighted by Gasteiger charge is -2.34. The van der Waals surface area contributed by atoms with E-state index >= 15 is 0 Å². The third-order valence-corrected chi connectivity index (χ3v) is 6.79. The fourth-order valence-electron chi connectivity index (χ4n) is 3.68. The van der Waals surface area contributed by atoms with Crippen molar-refractivity contribution in [2.45, 2.75) is 31.8 Å². The Bertz CT molecular complexity index is 954. The molecule has 31 heavy (non-hydrogen) atoms. The number of nitrogens with zero attached hydrogens (tertiary/aromatic N) is 3. The van der Waals surface area contributed by atoms with Crippen molar-refractivity contribution in [3.05, 3.63) is 32.6 Å². The molecule has 1 aromatic rings. The largest absolute Gasteiger partial charge is 0.395 e. The second-order valence-electron chi connectivity index (χ2n) is 7.86. The van der Waals surface area contributed by atoms with Crippen LogP contribution in [-0.2, 0) is 19.0 Å². The van der Waals surface area contributed by atoms with Gasteiger partial charge in [-0.3, -0.25) is 28.3 Å². The highest BCUT2D eigenvalue weighted by Crippen LogP contribution is 2.28. The highest BCUT2D eigenvalue weighted by molar-refractivity contribution is 7.86. The number of aliphatic hydroxyl groups excluding tert-OH is 2. The summed E-state index contributed by atoms with van der Waals surface area (Å²) < 4.78 is 36.4. The predicted octanol–water partition coefficient (Wildman–Crippen LogP) is -2.55. The number of β-amino-alcohol motifs (C(OH)–C–C–N with tert-alkyl or cyclic N) is 1. The smallest absolute Gasteiger partial charge is 0.330 e. The molecule has 3 atom stereocenters. The summed E-state index contributed by atoms with van der Waals surface area (Å²) in [5.74, 6) is -0.183. The number of nitrogens with one attached hydrogen (secondary N) is 1. The highest BCUT2D eigenvalue weighted by atomic mass is 32.2. The van der Waals surface area contributed by atoms with Gasteiger partial charge in [-0.2, -0.15) is 8.42 Å². The Labute approximate surface area is 180 Å². The monoisotopic (exact) mass is 462 g/mol. The second-order valence-corrected chi connectivity index (χ2v) is 9.62. The van der Waals surface area contributed by atoms with Crippen LogP contribution in [0.4, 0.5) is 0 Å². The zero-order valence-electron chi connectivity index (χ0n) is 17.5. The first-order valence-electron chi connectivity index (χ1n) is 10.3. The van der Waals surface area contributed by atoms with Gasteiger partial charge in [0.25, 0.3) is 15.7 Å². The number of aryl methyl sites for hydroxylation is 1. The zero-order valence-corrected chi connectivity index (χ0v) is 18.3. The first-order chi connectivity index (χ1) is 14.7. The van der Waals surface area contributed by atoms with Gasteiger partial charge in [-0.05, 0) is 6.92 Å². The van der Waals surface area contributed by atoms with Crippen molar-refractivity contribution in [2.75, 3.05) is 58.2 Å². The summed E-state index contributed by atoms with van der Waals surface area (Å²) >= 11 is 0. The minimum atomic E-state index is -3.82. The number of piperazine rings is 1. The molecule has 0 saturated carbocycles. The van der Waals surface area contributed by atoms with Gasteiger partial charge in [-0.1, -0.05) is 0 Å². The fraction of sp³-hybridized carbons (Fsp3) is 0.778. The van der Waals surface area contributed by atoms with Crippen molar-refractivity contribution < 1.29 is 27.6 Å². The van der Waals surface area contributed by atoms with E-state index in [9.17, 15) is 23.1 Å². The number of hydrogen-bond acceptors (Lipinski definition) is 10. The van der Waals surface area contributed by atoms with Gasteiger partial charge in [-0.25, -0.2) is 4.79 Å². The van der Waals surface area contributed by atoms with Crippen molar-refractivity contribution in [1.29, 1.82) is 0 Å². The van der Waals surface area contributed by atoms with Gasteiger partial charge in [0.1, 0.15) is 12.3 Å². The van der Waals surface area contributed by atoms with Crippen molar-refractivity contribution >= 4 is 10.1 Å². The van der Waals surface area contributed by atoms with Crippen LogP contribution in [0.3, 0.4) is 0 Å². The lowest BCUT2D eigenvalue weighted by atomic mass is 10.2. The Morgan fingerprint density at radius 2 is 1.84 bits per heavy atom. The lowest BCUT2D eigenvalue weighted by Crippen LogP contribution is -2.48. The van der Waals surface area contributed by atoms with E-state index in [0.29, 0.717) is 18.7 Å². The zero-order chi connectivity index (χ0) is 22.6. The first kappa shape index (κ1) is 24.0. The summed E-state index contributed by atoms with van der Waals surface area (Å²) in [6.07, 6.45) is -1.35. The Morgan fingerprint density at radius 1 is 1.19 bits per heavy atom.